The van der Waals surface area contributed by atoms with Crippen LogP contribution in [0.1, 0.15) is 32.6 Å². The summed E-state index contributed by atoms with van der Waals surface area (Å²) >= 11 is 1.66. The van der Waals surface area contributed by atoms with Crippen molar-refractivity contribution in [3.8, 4) is 22.3 Å². The molecule has 0 radical (unpaired) electrons. The molecular formula is C30H27N3O4S. The Hall–Kier alpha value is -4.17. The highest BCUT2D eigenvalue weighted by molar-refractivity contribution is 7.99. The number of anilines is 2. The minimum absolute atomic E-state index is 0.0670. The zero-order valence-electron chi connectivity index (χ0n) is 21.0. The van der Waals surface area contributed by atoms with Crippen LogP contribution >= 0.6 is 11.8 Å². The summed E-state index contributed by atoms with van der Waals surface area (Å²) in [5.74, 6) is 0. The van der Waals surface area contributed by atoms with Crippen LogP contribution in [0.5, 0.6) is 0 Å². The van der Waals surface area contributed by atoms with Gasteiger partial charge in [0.15, 0.2) is 0 Å². The molecule has 0 amide bonds. The number of unbranched alkanes of at least 4 members (excludes halogenated alkanes) is 3. The summed E-state index contributed by atoms with van der Waals surface area (Å²) in [6.07, 6.45) is 4.58. The Kier molecular flexibility index (Phi) is 7.42. The molecule has 0 fully saturated rings. The van der Waals surface area contributed by atoms with E-state index >= 15 is 0 Å². The highest BCUT2D eigenvalue weighted by atomic mass is 32.2. The molecule has 8 heteroatoms. The van der Waals surface area contributed by atoms with E-state index in [1.165, 1.54) is 25.0 Å². The number of fused-ring (bicyclic) bond motifs is 2. The number of non-ortho nitro benzene ring substituents is 2. The highest BCUT2D eigenvalue weighted by Gasteiger charge is 2.24. The van der Waals surface area contributed by atoms with Gasteiger partial charge in [0.05, 0.1) is 21.2 Å². The summed E-state index contributed by atoms with van der Waals surface area (Å²) in [7, 11) is 0. The third-order valence-electron chi connectivity index (χ3n) is 6.74. The molecule has 0 aliphatic carbocycles. The monoisotopic (exact) mass is 525 g/mol. The first-order valence-corrected chi connectivity index (χ1v) is 13.5. The molecule has 1 aliphatic rings. The third kappa shape index (κ3) is 5.26. The van der Waals surface area contributed by atoms with Crippen molar-refractivity contribution in [2.75, 3.05) is 11.4 Å². The summed E-state index contributed by atoms with van der Waals surface area (Å²) in [5.41, 5.74) is 5.82. The second kappa shape index (κ2) is 11.1. The molecule has 0 saturated carbocycles. The number of rotatable bonds is 9. The van der Waals surface area contributed by atoms with Crippen LogP contribution in [-0.4, -0.2) is 16.4 Å². The second-order valence-electron chi connectivity index (χ2n) is 9.29. The number of hydrogen-bond acceptors (Lipinski definition) is 6. The maximum absolute atomic E-state index is 11.3. The first-order valence-electron chi connectivity index (χ1n) is 12.7. The van der Waals surface area contributed by atoms with E-state index in [1.807, 2.05) is 24.3 Å². The average molecular weight is 526 g/mol. The minimum Gasteiger partial charge on any atom is -0.340 e. The predicted octanol–water partition coefficient (Wildman–Crippen LogP) is 9.02. The molecule has 7 nitrogen and oxygen atoms in total. The normalized spacial score (nSPS) is 12.1. The van der Waals surface area contributed by atoms with Crippen molar-refractivity contribution in [3.63, 3.8) is 0 Å². The molecule has 0 unspecified atom stereocenters. The van der Waals surface area contributed by atoms with Crippen molar-refractivity contribution in [2.24, 2.45) is 0 Å². The van der Waals surface area contributed by atoms with Crippen LogP contribution in [-0.2, 0) is 0 Å². The first kappa shape index (κ1) is 25.5. The molecule has 4 aromatic carbocycles. The third-order valence-corrected chi connectivity index (χ3v) is 7.83. The largest absolute Gasteiger partial charge is 0.340 e. The Morgan fingerprint density at radius 1 is 0.658 bits per heavy atom. The van der Waals surface area contributed by atoms with Crippen LogP contribution in [0.15, 0.2) is 94.7 Å². The zero-order valence-corrected chi connectivity index (χ0v) is 21.8. The standard InChI is InChI=1S/C30H27N3O4S/c1-2-3-4-5-16-31-27-14-12-23(21-8-6-10-25(17-21)32(34)35)19-29(27)38-30-20-24(13-15-28(30)31)22-9-7-11-26(18-22)33(36)37/h6-15,17-20H,2-5,16H2,1H3. The summed E-state index contributed by atoms with van der Waals surface area (Å²) in [6, 6.07) is 25.9. The molecule has 5 rings (SSSR count). The fraction of sp³-hybridized carbons (Fsp3) is 0.200. The maximum atomic E-state index is 11.3. The van der Waals surface area contributed by atoms with E-state index in [1.54, 1.807) is 36.0 Å². The van der Waals surface area contributed by atoms with Crippen LogP contribution in [0, 0.1) is 20.2 Å². The maximum Gasteiger partial charge on any atom is 0.270 e. The van der Waals surface area contributed by atoms with Gasteiger partial charge in [-0.3, -0.25) is 20.2 Å². The molecular weight excluding hydrogens is 498 g/mol. The number of benzene rings is 4. The minimum atomic E-state index is -0.375. The highest BCUT2D eigenvalue weighted by Crippen LogP contribution is 2.50. The van der Waals surface area contributed by atoms with Gasteiger partial charge in [0, 0.05) is 40.6 Å². The van der Waals surface area contributed by atoms with Gasteiger partial charge in [-0.1, -0.05) is 74.3 Å². The van der Waals surface area contributed by atoms with Gasteiger partial charge in [-0.05, 0) is 52.9 Å². The van der Waals surface area contributed by atoms with E-state index < -0.39 is 0 Å². The van der Waals surface area contributed by atoms with Gasteiger partial charge in [0.25, 0.3) is 11.4 Å². The fourth-order valence-electron chi connectivity index (χ4n) is 4.78. The lowest BCUT2D eigenvalue weighted by molar-refractivity contribution is -0.385. The fourth-order valence-corrected chi connectivity index (χ4v) is 5.96. The van der Waals surface area contributed by atoms with Crippen LogP contribution < -0.4 is 4.90 Å². The van der Waals surface area contributed by atoms with E-state index in [-0.39, 0.29) is 21.2 Å². The SMILES string of the molecule is CCCCCCN1c2ccc(-c3cccc([N+](=O)[O-])c3)cc2Sc2cc(-c3cccc([N+](=O)[O-])c3)ccc21. The Morgan fingerprint density at radius 2 is 1.16 bits per heavy atom. The van der Waals surface area contributed by atoms with Gasteiger partial charge in [-0.2, -0.15) is 0 Å². The van der Waals surface area contributed by atoms with Gasteiger partial charge >= 0.3 is 0 Å². The Morgan fingerprint density at radius 3 is 1.63 bits per heavy atom. The molecule has 0 aromatic heterocycles. The van der Waals surface area contributed by atoms with Gasteiger partial charge < -0.3 is 4.90 Å². The number of nitro groups is 2. The number of nitro benzene ring substituents is 2. The van der Waals surface area contributed by atoms with Crippen molar-refractivity contribution in [2.45, 2.75) is 42.4 Å². The van der Waals surface area contributed by atoms with E-state index in [9.17, 15) is 20.2 Å². The molecule has 1 heterocycles. The molecule has 0 bridgehead atoms. The summed E-state index contributed by atoms with van der Waals surface area (Å²) < 4.78 is 0. The Labute approximate surface area is 225 Å². The zero-order chi connectivity index (χ0) is 26.6. The number of hydrogen-bond donors (Lipinski definition) is 0. The van der Waals surface area contributed by atoms with Gasteiger partial charge in [-0.25, -0.2) is 0 Å². The second-order valence-corrected chi connectivity index (χ2v) is 10.4. The van der Waals surface area contributed by atoms with Crippen LogP contribution in [0.4, 0.5) is 22.7 Å². The van der Waals surface area contributed by atoms with E-state index in [0.717, 1.165) is 62.8 Å². The van der Waals surface area contributed by atoms with Gasteiger partial charge in [-0.15, -0.1) is 0 Å². The molecule has 192 valence electrons. The van der Waals surface area contributed by atoms with Crippen molar-refractivity contribution >= 4 is 34.5 Å². The lowest BCUT2D eigenvalue weighted by Crippen LogP contribution is -2.22. The van der Waals surface area contributed by atoms with E-state index in [4.69, 9.17) is 0 Å². The first-order chi connectivity index (χ1) is 18.4. The molecule has 38 heavy (non-hydrogen) atoms. The molecule has 0 saturated heterocycles. The van der Waals surface area contributed by atoms with Gasteiger partial charge in [0.1, 0.15) is 0 Å². The lowest BCUT2D eigenvalue weighted by Gasteiger charge is -2.33. The smallest absolute Gasteiger partial charge is 0.270 e. The van der Waals surface area contributed by atoms with Crippen LogP contribution in [0.3, 0.4) is 0 Å². The van der Waals surface area contributed by atoms with Crippen molar-refractivity contribution in [1.29, 1.82) is 0 Å². The van der Waals surface area contributed by atoms with Crippen molar-refractivity contribution < 1.29 is 9.85 Å². The Bertz CT molecular complexity index is 1410. The van der Waals surface area contributed by atoms with Crippen LogP contribution in [0.2, 0.25) is 0 Å². The van der Waals surface area contributed by atoms with Crippen LogP contribution in [0.25, 0.3) is 22.3 Å². The Balaban J connectivity index is 1.54. The summed E-state index contributed by atoms with van der Waals surface area (Å²) in [5, 5.41) is 22.6. The molecule has 0 spiro atoms. The lowest BCUT2D eigenvalue weighted by atomic mass is 10.0. The van der Waals surface area contributed by atoms with E-state index in [0.29, 0.717) is 0 Å². The predicted molar refractivity (Wildman–Crippen MR) is 152 cm³/mol. The molecule has 4 aromatic rings. The molecule has 1 aliphatic heterocycles. The summed E-state index contributed by atoms with van der Waals surface area (Å²) in [6.45, 7) is 3.08. The van der Waals surface area contributed by atoms with Crippen molar-refractivity contribution in [3.05, 3.63) is 105 Å². The number of nitrogens with zero attached hydrogens (tertiary/aromatic N) is 3. The molecule has 0 N–H and O–H groups in total. The van der Waals surface area contributed by atoms with Crippen molar-refractivity contribution in [1.82, 2.24) is 0 Å². The molecule has 0 atom stereocenters. The quantitative estimate of drug-likeness (QED) is 0.123. The van der Waals surface area contributed by atoms with E-state index in [2.05, 4.69) is 36.1 Å². The average Bonchev–Trinajstić information content (AvgIpc) is 2.94. The summed E-state index contributed by atoms with van der Waals surface area (Å²) in [4.78, 5) is 26.4. The topological polar surface area (TPSA) is 89.5 Å². The van der Waals surface area contributed by atoms with Gasteiger partial charge in [0.2, 0.25) is 0 Å².